The van der Waals surface area contributed by atoms with Crippen LogP contribution in [0.3, 0.4) is 0 Å². The number of fused-ring (bicyclic) bond motifs is 1. The molecule has 7 heteroatoms. The van der Waals surface area contributed by atoms with Crippen molar-refractivity contribution in [2.75, 3.05) is 20.2 Å². The summed E-state index contributed by atoms with van der Waals surface area (Å²) in [5.74, 6) is 1.14. The summed E-state index contributed by atoms with van der Waals surface area (Å²) < 4.78 is 16.7. The van der Waals surface area contributed by atoms with Gasteiger partial charge in [-0.05, 0) is 39.8 Å². The van der Waals surface area contributed by atoms with Gasteiger partial charge in [0.15, 0.2) is 17.6 Å². The number of nitrogens with zero attached hydrogens (tertiary/aromatic N) is 1. The predicted octanol–water partition coefficient (Wildman–Crippen LogP) is 2.20. The number of likely N-dealkylation sites (N-methyl/N-ethyl adjacent to an activating group) is 1. The second kappa shape index (κ2) is 7.63. The van der Waals surface area contributed by atoms with Gasteiger partial charge in [0.05, 0.1) is 6.54 Å². The van der Waals surface area contributed by atoms with Crippen molar-refractivity contribution in [2.24, 2.45) is 0 Å². The fourth-order valence-electron chi connectivity index (χ4n) is 2.43. The lowest BCUT2D eigenvalue weighted by atomic mass is 10.2. The van der Waals surface area contributed by atoms with E-state index in [1.165, 1.54) is 4.90 Å². The Balaban J connectivity index is 1.85. The molecule has 0 bridgehead atoms. The van der Waals surface area contributed by atoms with E-state index in [0.717, 1.165) is 0 Å². The van der Waals surface area contributed by atoms with E-state index in [1.807, 2.05) is 24.3 Å². The summed E-state index contributed by atoms with van der Waals surface area (Å²) >= 11 is 0. The van der Waals surface area contributed by atoms with Crippen molar-refractivity contribution in [2.45, 2.75) is 45.4 Å². The van der Waals surface area contributed by atoms with E-state index in [2.05, 4.69) is 5.32 Å². The van der Waals surface area contributed by atoms with E-state index >= 15 is 0 Å². The Morgan fingerprint density at radius 1 is 1.32 bits per heavy atom. The molecule has 1 aliphatic heterocycles. The summed E-state index contributed by atoms with van der Waals surface area (Å²) in [5, 5.41) is 2.55. The van der Waals surface area contributed by atoms with Gasteiger partial charge >= 0.3 is 6.09 Å². The molecule has 1 aliphatic rings. The third-order valence-corrected chi connectivity index (χ3v) is 3.52. The number of hydrogen-bond acceptors (Lipinski definition) is 5. The number of ether oxygens (including phenoxy) is 3. The molecule has 2 atom stereocenters. The molecule has 1 aromatic carbocycles. The molecule has 1 N–H and O–H groups in total. The zero-order valence-electron chi connectivity index (χ0n) is 15.4. The highest BCUT2D eigenvalue weighted by atomic mass is 16.6. The fourth-order valence-corrected chi connectivity index (χ4v) is 2.43. The molecule has 2 rings (SSSR count). The molecule has 1 aromatic rings. The first-order valence-corrected chi connectivity index (χ1v) is 8.28. The van der Waals surface area contributed by atoms with E-state index in [1.54, 1.807) is 34.7 Å². The molecule has 0 fully saturated rings. The van der Waals surface area contributed by atoms with Gasteiger partial charge in [-0.25, -0.2) is 4.79 Å². The van der Waals surface area contributed by atoms with Crippen LogP contribution in [0.4, 0.5) is 4.79 Å². The Morgan fingerprint density at radius 3 is 2.60 bits per heavy atom. The Labute approximate surface area is 148 Å². The number of carbonyl (C=O) groups excluding carboxylic acids is 2. The Hall–Kier alpha value is -2.44. The SMILES string of the molecule is CC(NC(=O)OC(C)(C)C)C(=O)N(C)CC1COc2ccccc2O1. The Bertz CT molecular complexity index is 626. The van der Waals surface area contributed by atoms with Crippen LogP contribution in [-0.4, -0.2) is 54.8 Å². The maximum Gasteiger partial charge on any atom is 0.408 e. The van der Waals surface area contributed by atoms with Crippen LogP contribution >= 0.6 is 0 Å². The molecule has 25 heavy (non-hydrogen) atoms. The van der Waals surface area contributed by atoms with Crippen molar-refractivity contribution in [1.29, 1.82) is 0 Å². The minimum atomic E-state index is -0.698. The number of alkyl carbamates (subject to hydrolysis) is 1. The third kappa shape index (κ3) is 5.55. The number of hydrogen-bond donors (Lipinski definition) is 1. The number of benzene rings is 1. The van der Waals surface area contributed by atoms with Crippen molar-refractivity contribution < 1.29 is 23.8 Å². The second-order valence-electron chi connectivity index (χ2n) is 7.08. The Morgan fingerprint density at radius 2 is 1.96 bits per heavy atom. The molecule has 2 unspecified atom stereocenters. The van der Waals surface area contributed by atoms with E-state index in [9.17, 15) is 9.59 Å². The van der Waals surface area contributed by atoms with Crippen LogP contribution in [0, 0.1) is 0 Å². The molecule has 7 nitrogen and oxygen atoms in total. The molecule has 0 aliphatic carbocycles. The lowest BCUT2D eigenvalue weighted by Gasteiger charge is -2.30. The van der Waals surface area contributed by atoms with E-state index in [-0.39, 0.29) is 12.0 Å². The molecule has 0 radical (unpaired) electrons. The number of para-hydroxylation sites is 2. The van der Waals surface area contributed by atoms with Gasteiger partial charge in [0.25, 0.3) is 0 Å². The average molecular weight is 350 g/mol. The predicted molar refractivity (Wildman–Crippen MR) is 92.8 cm³/mol. The highest BCUT2D eigenvalue weighted by Crippen LogP contribution is 2.30. The van der Waals surface area contributed by atoms with Crippen molar-refractivity contribution in [3.05, 3.63) is 24.3 Å². The molecule has 0 saturated carbocycles. The van der Waals surface area contributed by atoms with Crippen LogP contribution in [0.5, 0.6) is 11.5 Å². The Kier molecular flexibility index (Phi) is 5.77. The normalized spacial score (nSPS) is 17.4. The third-order valence-electron chi connectivity index (χ3n) is 3.52. The fraction of sp³-hybridized carbons (Fsp3) is 0.556. The molecule has 0 spiro atoms. The summed E-state index contributed by atoms with van der Waals surface area (Å²) in [7, 11) is 1.67. The highest BCUT2D eigenvalue weighted by molar-refractivity contribution is 5.85. The lowest BCUT2D eigenvalue weighted by Crippen LogP contribution is -2.50. The summed E-state index contributed by atoms with van der Waals surface area (Å²) in [4.78, 5) is 25.7. The molecule has 1 heterocycles. The van der Waals surface area contributed by atoms with Gasteiger partial charge in [-0.3, -0.25) is 4.79 Å². The standard InChI is InChI=1S/C18H26N2O5/c1-12(19-17(22)25-18(2,3)4)16(21)20(5)10-13-11-23-14-8-6-7-9-15(14)24-13/h6-9,12-13H,10-11H2,1-5H3,(H,19,22). The van der Waals surface area contributed by atoms with Crippen LogP contribution in [0.15, 0.2) is 24.3 Å². The summed E-state index contributed by atoms with van der Waals surface area (Å²) in [6.45, 7) is 7.64. The van der Waals surface area contributed by atoms with E-state index in [0.29, 0.717) is 24.7 Å². The monoisotopic (exact) mass is 350 g/mol. The lowest BCUT2D eigenvalue weighted by molar-refractivity contribution is -0.133. The first-order chi connectivity index (χ1) is 11.7. The smallest absolute Gasteiger partial charge is 0.408 e. The maximum atomic E-state index is 12.4. The van der Waals surface area contributed by atoms with Crippen LogP contribution in [0.2, 0.25) is 0 Å². The molecular formula is C18H26N2O5. The van der Waals surface area contributed by atoms with Crippen molar-refractivity contribution in [3.8, 4) is 11.5 Å². The van der Waals surface area contributed by atoms with Gasteiger partial charge in [0.1, 0.15) is 18.2 Å². The molecule has 138 valence electrons. The summed E-state index contributed by atoms with van der Waals surface area (Å²) in [6.07, 6.45) is -0.884. The summed E-state index contributed by atoms with van der Waals surface area (Å²) in [5.41, 5.74) is -0.612. The minimum absolute atomic E-state index is 0.228. The van der Waals surface area contributed by atoms with Crippen molar-refractivity contribution in [3.63, 3.8) is 0 Å². The van der Waals surface area contributed by atoms with Crippen molar-refractivity contribution in [1.82, 2.24) is 10.2 Å². The summed E-state index contributed by atoms with van der Waals surface area (Å²) in [6, 6.07) is 6.72. The van der Waals surface area contributed by atoms with Gasteiger partial charge < -0.3 is 24.4 Å². The van der Waals surface area contributed by atoms with Crippen LogP contribution < -0.4 is 14.8 Å². The van der Waals surface area contributed by atoms with Crippen LogP contribution in [0.1, 0.15) is 27.7 Å². The van der Waals surface area contributed by atoms with E-state index < -0.39 is 17.7 Å². The first-order valence-electron chi connectivity index (χ1n) is 8.28. The second-order valence-corrected chi connectivity index (χ2v) is 7.08. The molecule has 2 amide bonds. The van der Waals surface area contributed by atoms with Gasteiger partial charge in [-0.2, -0.15) is 0 Å². The molecule has 0 saturated heterocycles. The van der Waals surface area contributed by atoms with Crippen molar-refractivity contribution >= 4 is 12.0 Å². The first kappa shape index (κ1) is 18.9. The van der Waals surface area contributed by atoms with E-state index in [4.69, 9.17) is 14.2 Å². The number of carbonyl (C=O) groups is 2. The number of amides is 2. The van der Waals surface area contributed by atoms with Gasteiger partial charge in [0.2, 0.25) is 5.91 Å². The minimum Gasteiger partial charge on any atom is -0.486 e. The average Bonchev–Trinajstić information content (AvgIpc) is 2.52. The van der Waals surface area contributed by atoms with Gasteiger partial charge in [-0.1, -0.05) is 12.1 Å². The maximum absolute atomic E-state index is 12.4. The molecular weight excluding hydrogens is 324 g/mol. The number of nitrogens with one attached hydrogen (secondary N) is 1. The number of rotatable bonds is 4. The zero-order chi connectivity index (χ0) is 18.6. The topological polar surface area (TPSA) is 77.1 Å². The quantitative estimate of drug-likeness (QED) is 0.901. The van der Waals surface area contributed by atoms with Crippen LogP contribution in [-0.2, 0) is 9.53 Å². The highest BCUT2D eigenvalue weighted by Gasteiger charge is 2.27. The van der Waals surface area contributed by atoms with Gasteiger partial charge in [0, 0.05) is 7.05 Å². The van der Waals surface area contributed by atoms with Crippen LogP contribution in [0.25, 0.3) is 0 Å². The zero-order valence-corrected chi connectivity index (χ0v) is 15.4. The largest absolute Gasteiger partial charge is 0.486 e. The molecule has 0 aromatic heterocycles. The van der Waals surface area contributed by atoms with Gasteiger partial charge in [-0.15, -0.1) is 0 Å².